The van der Waals surface area contributed by atoms with Crippen LogP contribution >= 0.6 is 0 Å². The largest absolute Gasteiger partial charge is 0.385 e. The van der Waals surface area contributed by atoms with Crippen molar-refractivity contribution in [2.75, 3.05) is 53.7 Å². The summed E-state index contributed by atoms with van der Waals surface area (Å²) >= 11 is 0. The Morgan fingerprint density at radius 2 is 1.90 bits per heavy atom. The Kier molecular flexibility index (Phi) is 7.52. The Morgan fingerprint density at radius 1 is 1.25 bits per heavy atom. The summed E-state index contributed by atoms with van der Waals surface area (Å²) in [4.78, 5) is 14.4. The molecule has 0 N–H and O–H groups in total. The maximum Gasteiger partial charge on any atom is 0.243 e. The van der Waals surface area contributed by atoms with Crippen LogP contribution in [0.25, 0.3) is 0 Å². The van der Waals surface area contributed by atoms with Crippen LogP contribution in [-0.2, 0) is 19.0 Å². The summed E-state index contributed by atoms with van der Waals surface area (Å²) in [6.07, 6.45) is 1.69. The zero-order valence-corrected chi connectivity index (χ0v) is 12.4. The highest BCUT2D eigenvalue weighted by Gasteiger charge is 2.42. The van der Waals surface area contributed by atoms with Gasteiger partial charge in [-0.1, -0.05) is 0 Å². The van der Waals surface area contributed by atoms with Crippen molar-refractivity contribution in [2.24, 2.45) is 5.41 Å². The topological polar surface area (TPSA) is 71.8 Å². The molecule has 0 unspecified atom stereocenters. The molecule has 1 rings (SSSR count). The second-order valence-electron chi connectivity index (χ2n) is 4.94. The summed E-state index contributed by atoms with van der Waals surface area (Å²) in [5.74, 6) is -0.101. The normalized spacial score (nSPS) is 17.4. The lowest BCUT2D eigenvalue weighted by molar-refractivity contribution is -0.144. The molecule has 0 atom stereocenters. The third-order valence-electron chi connectivity index (χ3n) is 3.60. The summed E-state index contributed by atoms with van der Waals surface area (Å²) in [6, 6.07) is 2.22. The summed E-state index contributed by atoms with van der Waals surface area (Å²) in [7, 11) is 3.24. The van der Waals surface area contributed by atoms with E-state index < -0.39 is 5.41 Å². The van der Waals surface area contributed by atoms with E-state index in [0.29, 0.717) is 52.4 Å². The van der Waals surface area contributed by atoms with Crippen molar-refractivity contribution < 1.29 is 19.0 Å². The predicted molar refractivity (Wildman–Crippen MR) is 73.0 cm³/mol. The lowest BCUT2D eigenvalue weighted by Gasteiger charge is -2.34. The molecule has 0 aromatic rings. The first-order valence-corrected chi connectivity index (χ1v) is 6.96. The molecule has 114 valence electrons. The standard InChI is InChI=1S/C14H24N2O4/c1-18-8-3-6-16(7-11-19-2)13(17)14(12-15)4-9-20-10-5-14/h3-11H2,1-2H3. The molecular formula is C14H24N2O4. The number of nitriles is 1. The molecule has 0 radical (unpaired) electrons. The smallest absolute Gasteiger partial charge is 0.243 e. The molecule has 0 spiro atoms. The Morgan fingerprint density at radius 3 is 2.45 bits per heavy atom. The van der Waals surface area contributed by atoms with Gasteiger partial charge in [-0.15, -0.1) is 0 Å². The summed E-state index contributed by atoms with van der Waals surface area (Å²) in [5, 5.41) is 9.45. The number of nitrogens with zero attached hydrogens (tertiary/aromatic N) is 2. The molecule has 6 heteroatoms. The van der Waals surface area contributed by atoms with E-state index in [1.807, 2.05) is 0 Å². The van der Waals surface area contributed by atoms with Gasteiger partial charge in [0.15, 0.2) is 0 Å². The van der Waals surface area contributed by atoms with E-state index in [-0.39, 0.29) is 5.91 Å². The van der Waals surface area contributed by atoms with Crippen LogP contribution in [0.1, 0.15) is 19.3 Å². The summed E-state index contributed by atoms with van der Waals surface area (Å²) < 4.78 is 15.3. The van der Waals surface area contributed by atoms with Gasteiger partial charge in [0, 0.05) is 47.1 Å². The Labute approximate surface area is 120 Å². The van der Waals surface area contributed by atoms with E-state index in [4.69, 9.17) is 14.2 Å². The van der Waals surface area contributed by atoms with Crippen molar-refractivity contribution in [1.29, 1.82) is 5.26 Å². The van der Waals surface area contributed by atoms with Gasteiger partial charge in [0.2, 0.25) is 5.91 Å². The summed E-state index contributed by atoms with van der Waals surface area (Å²) in [6.45, 7) is 3.09. The molecule has 0 aliphatic carbocycles. The lowest BCUT2D eigenvalue weighted by atomic mass is 9.80. The van der Waals surface area contributed by atoms with Crippen LogP contribution in [0, 0.1) is 16.7 Å². The van der Waals surface area contributed by atoms with Gasteiger partial charge in [-0.05, 0) is 19.3 Å². The maximum absolute atomic E-state index is 12.7. The van der Waals surface area contributed by atoms with Crippen LogP contribution in [0.3, 0.4) is 0 Å². The average Bonchev–Trinajstić information content (AvgIpc) is 2.50. The van der Waals surface area contributed by atoms with Crippen molar-refractivity contribution in [2.45, 2.75) is 19.3 Å². The lowest BCUT2D eigenvalue weighted by Crippen LogP contribution is -2.47. The van der Waals surface area contributed by atoms with Gasteiger partial charge in [0.25, 0.3) is 0 Å². The maximum atomic E-state index is 12.7. The van der Waals surface area contributed by atoms with Crippen LogP contribution in [0.5, 0.6) is 0 Å². The molecule has 1 saturated heterocycles. The minimum atomic E-state index is -0.931. The number of rotatable bonds is 8. The highest BCUT2D eigenvalue weighted by atomic mass is 16.5. The number of ether oxygens (including phenoxy) is 3. The van der Waals surface area contributed by atoms with E-state index in [1.54, 1.807) is 19.1 Å². The molecule has 1 aliphatic rings. The van der Waals surface area contributed by atoms with E-state index in [0.717, 1.165) is 6.42 Å². The molecule has 1 amide bonds. The van der Waals surface area contributed by atoms with Crippen molar-refractivity contribution >= 4 is 5.91 Å². The van der Waals surface area contributed by atoms with Crippen molar-refractivity contribution in [3.05, 3.63) is 0 Å². The zero-order valence-electron chi connectivity index (χ0n) is 12.4. The fourth-order valence-electron chi connectivity index (χ4n) is 2.31. The average molecular weight is 284 g/mol. The molecule has 1 fully saturated rings. The number of carbonyl (C=O) groups excluding carboxylic acids is 1. The number of hydrogen-bond acceptors (Lipinski definition) is 5. The quantitative estimate of drug-likeness (QED) is 0.617. The monoisotopic (exact) mass is 284 g/mol. The molecule has 0 aromatic heterocycles. The molecule has 20 heavy (non-hydrogen) atoms. The first-order chi connectivity index (χ1) is 9.70. The first kappa shape index (κ1) is 16.9. The summed E-state index contributed by atoms with van der Waals surface area (Å²) in [5.41, 5.74) is -0.931. The van der Waals surface area contributed by atoms with E-state index in [1.165, 1.54) is 0 Å². The highest BCUT2D eigenvalue weighted by Crippen LogP contribution is 2.32. The SMILES string of the molecule is COCCCN(CCOC)C(=O)C1(C#N)CCOCC1. The molecule has 0 aromatic carbocycles. The number of amides is 1. The van der Waals surface area contributed by atoms with E-state index in [2.05, 4.69) is 6.07 Å². The van der Waals surface area contributed by atoms with Gasteiger partial charge in [-0.3, -0.25) is 4.79 Å². The van der Waals surface area contributed by atoms with Gasteiger partial charge in [-0.2, -0.15) is 5.26 Å². The first-order valence-electron chi connectivity index (χ1n) is 6.96. The highest BCUT2D eigenvalue weighted by molar-refractivity contribution is 5.85. The molecule has 1 aliphatic heterocycles. The van der Waals surface area contributed by atoms with Crippen LogP contribution < -0.4 is 0 Å². The molecular weight excluding hydrogens is 260 g/mol. The van der Waals surface area contributed by atoms with Gasteiger partial charge in [0.05, 0.1) is 12.7 Å². The Balaban J connectivity index is 2.70. The zero-order chi connectivity index (χ0) is 14.8. The van der Waals surface area contributed by atoms with E-state index in [9.17, 15) is 10.1 Å². The van der Waals surface area contributed by atoms with Crippen LogP contribution in [-0.4, -0.2) is 64.5 Å². The second kappa shape index (κ2) is 8.90. The van der Waals surface area contributed by atoms with Gasteiger partial charge in [0.1, 0.15) is 5.41 Å². The number of hydrogen-bond donors (Lipinski definition) is 0. The second-order valence-corrected chi connectivity index (χ2v) is 4.94. The van der Waals surface area contributed by atoms with E-state index >= 15 is 0 Å². The predicted octanol–water partition coefficient (Wildman–Crippen LogP) is 0.818. The fourth-order valence-corrected chi connectivity index (χ4v) is 2.31. The molecule has 0 saturated carbocycles. The molecule has 1 heterocycles. The Hall–Kier alpha value is -1.16. The number of carbonyl (C=O) groups is 1. The minimum Gasteiger partial charge on any atom is -0.385 e. The number of methoxy groups -OCH3 is 2. The Bertz CT molecular complexity index is 335. The molecule has 0 bridgehead atoms. The minimum absolute atomic E-state index is 0.101. The van der Waals surface area contributed by atoms with Crippen LogP contribution in [0.2, 0.25) is 0 Å². The van der Waals surface area contributed by atoms with Crippen LogP contribution in [0.15, 0.2) is 0 Å². The van der Waals surface area contributed by atoms with Crippen LogP contribution in [0.4, 0.5) is 0 Å². The third kappa shape index (κ3) is 4.44. The fraction of sp³-hybridized carbons (Fsp3) is 0.857. The van der Waals surface area contributed by atoms with Gasteiger partial charge >= 0.3 is 0 Å². The molecule has 6 nitrogen and oxygen atoms in total. The van der Waals surface area contributed by atoms with Gasteiger partial charge < -0.3 is 19.1 Å². The van der Waals surface area contributed by atoms with Gasteiger partial charge in [-0.25, -0.2) is 0 Å². The van der Waals surface area contributed by atoms with Crippen molar-refractivity contribution in [3.8, 4) is 6.07 Å². The van der Waals surface area contributed by atoms with Crippen molar-refractivity contribution in [3.63, 3.8) is 0 Å². The van der Waals surface area contributed by atoms with Crippen molar-refractivity contribution in [1.82, 2.24) is 4.90 Å². The third-order valence-corrected chi connectivity index (χ3v) is 3.60.